The summed E-state index contributed by atoms with van der Waals surface area (Å²) >= 11 is 17.2. The maximum Gasteiger partial charge on any atom is 0.539 e. The van der Waals surface area contributed by atoms with E-state index in [1.54, 1.807) is 52.8 Å². The fraction of sp³-hybridized carbons (Fsp3) is 0.523. The number of ketones is 1. The molecule has 4 atom stereocenters. The molecule has 0 aliphatic heterocycles. The Hall–Kier alpha value is -4.79. The number of ether oxygens (including phenoxy) is 7. The maximum absolute atomic E-state index is 13.1. The number of Topliss-reactive ketones (excluding diaryl/α,β-unsaturated/α-hetero) is 1. The molecule has 1 N–H and O–H groups in total. The Labute approximate surface area is 418 Å². The van der Waals surface area contributed by atoms with Gasteiger partial charge in [-0.25, -0.2) is 19.2 Å². The molecule has 0 aliphatic carbocycles. The second-order valence-corrected chi connectivity index (χ2v) is 23.9. The molecule has 0 saturated carbocycles. The van der Waals surface area contributed by atoms with Crippen LogP contribution in [0.4, 0.5) is 0 Å². The number of aliphatic hydroxyl groups excluding tert-OH is 1. The van der Waals surface area contributed by atoms with Crippen LogP contribution in [0.5, 0.6) is 0 Å². The molecule has 0 saturated heterocycles. The minimum Gasteiger partial charge on any atom is -0.466 e. The van der Waals surface area contributed by atoms with Gasteiger partial charge in [0.15, 0.2) is 24.4 Å². The van der Waals surface area contributed by atoms with Crippen LogP contribution in [-0.4, -0.2) is 145 Å². The zero-order valence-electron chi connectivity index (χ0n) is 39.9. The van der Waals surface area contributed by atoms with Crippen LogP contribution in [0.2, 0.25) is 0 Å². The van der Waals surface area contributed by atoms with Crippen LogP contribution in [0.25, 0.3) is 0 Å². The third-order valence-electron chi connectivity index (χ3n) is 7.78. The van der Waals surface area contributed by atoms with Gasteiger partial charge in [-0.2, -0.15) is 0 Å². The topological polar surface area (TPSA) is 266 Å². The summed E-state index contributed by atoms with van der Waals surface area (Å²) in [6.45, 7) is 14.4. The van der Waals surface area contributed by atoms with Gasteiger partial charge < -0.3 is 56.3 Å². The SMILES string of the molecule is C=O.CCOC(=O)CC(O)C(=O)OCC.CCOC(=O)CC(O[Si](OC(CC(C)=O)C(=O)OCC)(OC(CC(=O)OCC)C(=O)OCC)c1ccccc1)C(=O)OCC.Cl[Si](Cl)(Cl)c1ccccc1. The second-order valence-electron chi connectivity index (χ2n) is 13.1. The van der Waals surface area contributed by atoms with E-state index in [0.717, 1.165) is 5.19 Å². The average molecular weight is 1070 g/mol. The van der Waals surface area contributed by atoms with Crippen molar-refractivity contribution in [1.82, 2.24) is 0 Å². The van der Waals surface area contributed by atoms with Crippen LogP contribution in [0.15, 0.2) is 60.7 Å². The van der Waals surface area contributed by atoms with Crippen LogP contribution in [-0.2, 0) is 89.6 Å². The Morgan fingerprint density at radius 2 is 0.754 bits per heavy atom. The summed E-state index contributed by atoms with van der Waals surface area (Å²) in [6.07, 6.45) is -8.71. The van der Waals surface area contributed by atoms with Gasteiger partial charge in [0, 0.05) is 11.6 Å². The van der Waals surface area contributed by atoms with E-state index in [9.17, 15) is 38.4 Å². The number of carbonyl (C=O) groups is 9. The van der Waals surface area contributed by atoms with Gasteiger partial charge in [-0.05, 0) is 60.6 Å². The van der Waals surface area contributed by atoms with Crippen molar-refractivity contribution in [3.8, 4) is 0 Å². The molecular formula is C44H63Cl3O20Si2. The molecule has 388 valence electrons. The van der Waals surface area contributed by atoms with Gasteiger partial charge in [0.2, 0.25) is 0 Å². The molecule has 0 heterocycles. The van der Waals surface area contributed by atoms with Gasteiger partial charge in [-0.15, -0.1) is 33.2 Å². The number of hydrogen-bond donors (Lipinski definition) is 1. The van der Waals surface area contributed by atoms with E-state index in [1.807, 2.05) is 37.1 Å². The lowest BCUT2D eigenvalue weighted by molar-refractivity contribution is -0.168. The second kappa shape index (κ2) is 38.0. The third-order valence-corrected chi connectivity index (χ3v) is 13.6. The summed E-state index contributed by atoms with van der Waals surface area (Å²) in [4.78, 5) is 106. The van der Waals surface area contributed by atoms with Gasteiger partial charge in [0.1, 0.15) is 12.6 Å². The predicted octanol–water partition coefficient (Wildman–Crippen LogP) is 3.79. The van der Waals surface area contributed by atoms with Gasteiger partial charge in [-0.1, -0.05) is 60.7 Å². The predicted molar refractivity (Wildman–Crippen MR) is 255 cm³/mol. The molecule has 2 rings (SSSR count). The number of hydrogen-bond acceptors (Lipinski definition) is 20. The maximum atomic E-state index is 13.1. The first-order chi connectivity index (χ1) is 32.7. The van der Waals surface area contributed by atoms with Crippen molar-refractivity contribution in [2.45, 2.75) is 105 Å². The Balaban J connectivity index is 0. The molecule has 0 bridgehead atoms. The Morgan fingerprint density at radius 1 is 0.464 bits per heavy atom. The molecule has 0 aromatic heterocycles. The number of benzene rings is 2. The number of rotatable bonds is 27. The molecule has 20 nitrogen and oxygen atoms in total. The van der Waals surface area contributed by atoms with Crippen molar-refractivity contribution < 1.29 is 94.7 Å². The third kappa shape index (κ3) is 28.5. The van der Waals surface area contributed by atoms with E-state index in [0.29, 0.717) is 0 Å². The molecular weight excluding hydrogens is 1010 g/mol. The van der Waals surface area contributed by atoms with Crippen LogP contribution >= 0.6 is 33.2 Å². The molecule has 0 amide bonds. The lowest BCUT2D eigenvalue weighted by Crippen LogP contribution is -2.64. The molecule has 4 unspecified atom stereocenters. The standard InChI is InChI=1S/C29H42O14Si.C8H14O5.C6H5Cl3Si.CH2O/c1-7-36-25(31)18-23(28(34)39-10-4)42-44(21-15-13-12-14-16-21,41-22(17-20(6)30)27(33)38-9-3)43-24(29(35)40-11-5)19-26(32)37-8-2;1-3-12-7(10)5-6(9)8(11)13-4-2;7-10(8,9)6-4-2-1-3-5-6;1-2/h12-16,22-24H,7-11,17-19H2,1-6H3;6,9H,3-5H2,1-2H3;1-5H;1H2. The molecule has 0 radical (unpaired) electrons. The number of esters is 7. The van der Waals surface area contributed by atoms with Crippen molar-refractivity contribution in [2.24, 2.45) is 0 Å². The van der Waals surface area contributed by atoms with E-state index < -0.39 is 106 Å². The minimum atomic E-state index is -4.85. The first-order valence-electron chi connectivity index (χ1n) is 21.5. The van der Waals surface area contributed by atoms with Crippen molar-refractivity contribution in [3.05, 3.63) is 60.7 Å². The van der Waals surface area contributed by atoms with E-state index in [2.05, 4.69) is 9.47 Å². The van der Waals surface area contributed by atoms with Crippen molar-refractivity contribution in [2.75, 3.05) is 46.2 Å². The molecule has 0 fully saturated rings. The van der Waals surface area contributed by atoms with Crippen LogP contribution in [0, 0.1) is 0 Å². The fourth-order valence-electron chi connectivity index (χ4n) is 5.05. The summed E-state index contributed by atoms with van der Waals surface area (Å²) in [7, 11) is -4.85. The molecule has 69 heavy (non-hydrogen) atoms. The van der Waals surface area contributed by atoms with E-state index in [4.69, 9.17) is 80.1 Å². The summed E-state index contributed by atoms with van der Waals surface area (Å²) in [5.74, 6) is -6.50. The summed E-state index contributed by atoms with van der Waals surface area (Å²) < 4.78 is 53.1. The van der Waals surface area contributed by atoms with Crippen molar-refractivity contribution >= 4 is 113 Å². The first kappa shape index (κ1) is 66.3. The van der Waals surface area contributed by atoms with Gasteiger partial charge in [-0.3, -0.25) is 19.2 Å². The quantitative estimate of drug-likeness (QED) is 0.0577. The normalized spacial score (nSPS) is 13.0. The Morgan fingerprint density at radius 3 is 1.04 bits per heavy atom. The van der Waals surface area contributed by atoms with E-state index in [-0.39, 0.29) is 57.9 Å². The molecule has 2 aromatic rings. The largest absolute Gasteiger partial charge is 0.539 e. The number of carbonyl (C=O) groups excluding carboxylic acids is 9. The Bertz CT molecular complexity index is 1790. The number of aliphatic hydroxyl groups is 1. The highest BCUT2D eigenvalue weighted by atomic mass is 35.8. The zero-order chi connectivity index (χ0) is 53.0. The van der Waals surface area contributed by atoms with Gasteiger partial charge >= 0.3 is 56.6 Å². The van der Waals surface area contributed by atoms with Crippen molar-refractivity contribution in [3.63, 3.8) is 0 Å². The van der Waals surface area contributed by atoms with Gasteiger partial charge in [0.25, 0.3) is 0 Å². The lowest BCUT2D eigenvalue weighted by Gasteiger charge is -2.36. The monoisotopic (exact) mass is 1070 g/mol. The molecule has 0 spiro atoms. The average Bonchev–Trinajstić information content (AvgIpc) is 3.30. The lowest BCUT2D eigenvalue weighted by atomic mass is 10.2. The summed E-state index contributed by atoms with van der Waals surface area (Å²) in [5, 5.41) is 10.0. The number of halogens is 3. The van der Waals surface area contributed by atoms with Crippen molar-refractivity contribution in [1.29, 1.82) is 0 Å². The molecule has 0 aliphatic rings. The van der Waals surface area contributed by atoms with E-state index in [1.165, 1.54) is 32.9 Å². The molecule has 2 aromatic carbocycles. The van der Waals surface area contributed by atoms with Crippen LogP contribution in [0.3, 0.4) is 0 Å². The summed E-state index contributed by atoms with van der Waals surface area (Å²) in [5.41, 5.74) is 0. The highest BCUT2D eigenvalue weighted by Gasteiger charge is 2.54. The fourth-order valence-corrected chi connectivity index (χ4v) is 9.59. The zero-order valence-corrected chi connectivity index (χ0v) is 44.2. The minimum absolute atomic E-state index is 0.00332. The van der Waals surface area contributed by atoms with Crippen LogP contribution < -0.4 is 10.4 Å². The highest BCUT2D eigenvalue weighted by molar-refractivity contribution is 7.69. The van der Waals surface area contributed by atoms with Gasteiger partial charge in [0.05, 0.1) is 65.5 Å². The highest BCUT2D eigenvalue weighted by Crippen LogP contribution is 2.25. The van der Waals surface area contributed by atoms with Crippen LogP contribution in [0.1, 0.15) is 81.1 Å². The Kier molecular flexibility index (Phi) is 36.5. The first-order valence-corrected chi connectivity index (χ1v) is 28.2. The molecule has 25 heteroatoms. The summed E-state index contributed by atoms with van der Waals surface area (Å²) in [6, 6.07) is 14.4. The van der Waals surface area contributed by atoms with E-state index >= 15 is 0 Å². The smallest absolute Gasteiger partial charge is 0.466 e.